The van der Waals surface area contributed by atoms with Gasteiger partial charge >= 0.3 is 0 Å². The Bertz CT molecular complexity index is 1370. The Labute approximate surface area is 288 Å². The minimum absolute atomic E-state index is 0.0445. The van der Waals surface area contributed by atoms with E-state index < -0.39 is 0 Å². The molecule has 262 valence electrons. The number of nitrogens with zero attached hydrogens (tertiary/aromatic N) is 2. The van der Waals surface area contributed by atoms with Crippen LogP contribution in [0, 0.1) is 11.8 Å². The van der Waals surface area contributed by atoms with Crippen molar-refractivity contribution in [1.82, 2.24) is 14.8 Å². The van der Waals surface area contributed by atoms with Gasteiger partial charge in [-0.3, -0.25) is 19.3 Å². The SMILES string of the molecule is CCC(C)C=CO.CCC=C(C)C=O.CCN(CC)C(=O)[C@@H]1C=C2c3cccc4[nH]cc(c34)C[C@H]2N(C)C1.CSC(C)(C)CC(C)=O. The van der Waals surface area contributed by atoms with Crippen LogP contribution in [0.15, 0.2) is 54.5 Å². The van der Waals surface area contributed by atoms with Gasteiger partial charge in [0.1, 0.15) is 12.1 Å². The number of hydrogen-bond donors (Lipinski definition) is 2. The van der Waals surface area contributed by atoms with Crippen molar-refractivity contribution in [3.05, 3.63) is 65.6 Å². The number of H-pyrrole nitrogens is 1. The lowest BCUT2D eigenvalue weighted by atomic mass is 9.79. The van der Waals surface area contributed by atoms with Crippen LogP contribution in [-0.2, 0) is 20.8 Å². The number of amides is 1. The molecule has 1 aliphatic heterocycles. The number of thioether (sulfide) groups is 1. The Hall–Kier alpha value is -3.10. The molecule has 2 heterocycles. The number of aliphatic hydroxyl groups is 1. The molecule has 0 saturated carbocycles. The number of nitrogens with one attached hydrogen (secondary N) is 1. The summed E-state index contributed by atoms with van der Waals surface area (Å²) in [6.07, 6.45) is 15.8. The van der Waals surface area contributed by atoms with Gasteiger partial charge in [0, 0.05) is 53.9 Å². The molecule has 8 heteroatoms. The molecule has 0 bridgehead atoms. The van der Waals surface area contributed by atoms with Crippen LogP contribution in [0.1, 0.15) is 92.7 Å². The van der Waals surface area contributed by atoms with E-state index in [1.54, 1.807) is 31.7 Å². The van der Waals surface area contributed by atoms with Crippen molar-refractivity contribution in [1.29, 1.82) is 0 Å². The third-order valence-electron chi connectivity index (χ3n) is 8.66. The van der Waals surface area contributed by atoms with E-state index in [1.165, 1.54) is 27.6 Å². The maximum Gasteiger partial charge on any atom is 0.230 e. The smallest absolute Gasteiger partial charge is 0.230 e. The zero-order valence-electron chi connectivity index (χ0n) is 30.9. The van der Waals surface area contributed by atoms with Crippen LogP contribution in [0.2, 0.25) is 0 Å². The Morgan fingerprint density at radius 1 is 1.17 bits per heavy atom. The highest BCUT2D eigenvalue weighted by molar-refractivity contribution is 7.99. The number of benzene rings is 1. The number of aldehydes is 1. The van der Waals surface area contributed by atoms with Crippen LogP contribution >= 0.6 is 11.8 Å². The fraction of sp³-hybridized carbons (Fsp3) is 0.564. The largest absolute Gasteiger partial charge is 0.516 e. The molecule has 2 N–H and O–H groups in total. The summed E-state index contributed by atoms with van der Waals surface area (Å²) in [5.74, 6) is 1.00. The maximum atomic E-state index is 12.9. The highest BCUT2D eigenvalue weighted by Gasteiger charge is 2.36. The van der Waals surface area contributed by atoms with E-state index in [1.807, 2.05) is 24.2 Å². The number of fused-ring (bicyclic) bond motifs is 2. The number of Topliss-reactive ketones (excluding diaryl/α,β-unsaturated/α-hetero) is 1. The first-order chi connectivity index (χ1) is 22.2. The van der Waals surface area contributed by atoms with Gasteiger partial charge in [0.05, 0.1) is 12.2 Å². The van der Waals surface area contributed by atoms with Crippen molar-refractivity contribution in [3.8, 4) is 0 Å². The molecule has 47 heavy (non-hydrogen) atoms. The van der Waals surface area contributed by atoms with Gasteiger partial charge in [0.2, 0.25) is 5.91 Å². The quantitative estimate of drug-likeness (QED) is 0.150. The second-order valence-electron chi connectivity index (χ2n) is 13.0. The summed E-state index contributed by atoms with van der Waals surface area (Å²) in [7, 11) is 2.15. The summed E-state index contributed by atoms with van der Waals surface area (Å²) in [5.41, 5.74) is 6.03. The summed E-state index contributed by atoms with van der Waals surface area (Å²) in [5, 5.41) is 9.52. The summed E-state index contributed by atoms with van der Waals surface area (Å²) in [4.78, 5) is 41.0. The van der Waals surface area contributed by atoms with E-state index in [-0.39, 0.29) is 22.4 Å². The van der Waals surface area contributed by atoms with E-state index in [4.69, 9.17) is 5.11 Å². The van der Waals surface area contributed by atoms with Crippen molar-refractivity contribution < 1.29 is 19.5 Å². The molecule has 2 aromatic rings. The summed E-state index contributed by atoms with van der Waals surface area (Å²) >= 11 is 1.73. The van der Waals surface area contributed by atoms with E-state index in [9.17, 15) is 14.4 Å². The number of carbonyl (C=O) groups is 3. The number of allylic oxidation sites excluding steroid dienone is 3. The summed E-state index contributed by atoms with van der Waals surface area (Å²) in [6.45, 7) is 20.2. The number of likely N-dealkylation sites (N-methyl/N-ethyl adjacent to an activating group) is 1. The predicted octanol–water partition coefficient (Wildman–Crippen LogP) is 8.66. The molecule has 0 saturated heterocycles. The van der Waals surface area contributed by atoms with Crippen molar-refractivity contribution in [3.63, 3.8) is 0 Å². The molecular weight excluding hydrogens is 607 g/mol. The first-order valence-corrected chi connectivity index (χ1v) is 18.2. The average Bonchev–Trinajstić information content (AvgIpc) is 3.46. The summed E-state index contributed by atoms with van der Waals surface area (Å²) < 4.78 is 0.131. The molecule has 1 aliphatic carbocycles. The highest BCUT2D eigenvalue weighted by atomic mass is 32.2. The van der Waals surface area contributed by atoms with E-state index in [0.29, 0.717) is 18.4 Å². The number of aliphatic hydroxyl groups excluding tert-OH is 1. The van der Waals surface area contributed by atoms with Crippen molar-refractivity contribution in [2.45, 2.75) is 98.8 Å². The minimum Gasteiger partial charge on any atom is -0.516 e. The van der Waals surface area contributed by atoms with E-state index >= 15 is 0 Å². The molecule has 1 amide bonds. The monoisotopic (exact) mass is 667 g/mol. The van der Waals surface area contributed by atoms with Gasteiger partial charge in [-0.2, -0.15) is 11.8 Å². The molecular formula is C39H61N3O4S. The van der Waals surface area contributed by atoms with Gasteiger partial charge in [-0.25, -0.2) is 0 Å². The Kier molecular flexibility index (Phi) is 18.7. The van der Waals surface area contributed by atoms with Crippen molar-refractivity contribution in [2.75, 3.05) is 32.9 Å². The van der Waals surface area contributed by atoms with E-state index in [2.05, 4.69) is 88.9 Å². The fourth-order valence-corrected chi connectivity index (χ4v) is 6.05. The Balaban J connectivity index is 0.000000396. The molecule has 1 unspecified atom stereocenters. The lowest BCUT2D eigenvalue weighted by Gasteiger charge is -2.40. The number of ketones is 1. The zero-order chi connectivity index (χ0) is 35.7. The zero-order valence-corrected chi connectivity index (χ0v) is 31.7. The molecule has 4 rings (SSSR count). The summed E-state index contributed by atoms with van der Waals surface area (Å²) in [6, 6.07) is 6.82. The van der Waals surface area contributed by atoms with Crippen molar-refractivity contribution >= 4 is 46.2 Å². The topological polar surface area (TPSA) is 93.7 Å². The molecule has 7 nitrogen and oxygen atoms in total. The Morgan fingerprint density at radius 2 is 1.83 bits per heavy atom. The first kappa shape index (κ1) is 41.9. The number of hydrogen-bond acceptors (Lipinski definition) is 6. The fourth-order valence-electron chi connectivity index (χ4n) is 5.70. The van der Waals surface area contributed by atoms with Gasteiger partial charge in [0.25, 0.3) is 0 Å². The molecule has 0 spiro atoms. The molecule has 0 fully saturated rings. The average molecular weight is 668 g/mol. The lowest BCUT2D eigenvalue weighted by molar-refractivity contribution is -0.134. The molecule has 1 aromatic heterocycles. The number of aromatic amines is 1. The van der Waals surface area contributed by atoms with E-state index in [0.717, 1.165) is 57.0 Å². The van der Waals surface area contributed by atoms with Gasteiger partial charge in [-0.05, 0) is 101 Å². The minimum atomic E-state index is -0.0445. The molecule has 2 aliphatic rings. The lowest BCUT2D eigenvalue weighted by Crippen LogP contribution is -2.47. The molecule has 3 atom stereocenters. The number of aromatic nitrogens is 1. The van der Waals surface area contributed by atoms with Gasteiger partial charge in [-0.15, -0.1) is 0 Å². The van der Waals surface area contributed by atoms with Gasteiger partial charge in [0.15, 0.2) is 0 Å². The maximum absolute atomic E-state index is 12.9. The van der Waals surface area contributed by atoms with Crippen LogP contribution in [-0.4, -0.2) is 81.6 Å². The first-order valence-electron chi connectivity index (χ1n) is 17.0. The second kappa shape index (κ2) is 21.0. The van der Waals surface area contributed by atoms with Crippen LogP contribution in [0.25, 0.3) is 16.5 Å². The second-order valence-corrected chi connectivity index (χ2v) is 14.5. The van der Waals surface area contributed by atoms with Crippen LogP contribution in [0.3, 0.4) is 0 Å². The third kappa shape index (κ3) is 13.1. The highest BCUT2D eigenvalue weighted by Crippen LogP contribution is 2.41. The third-order valence-corrected chi connectivity index (χ3v) is 9.91. The normalized spacial score (nSPS) is 17.9. The van der Waals surface area contributed by atoms with Gasteiger partial charge < -0.3 is 15.0 Å². The molecule has 0 radical (unpaired) electrons. The molecule has 1 aromatic carbocycles. The van der Waals surface area contributed by atoms with Crippen LogP contribution in [0.5, 0.6) is 0 Å². The van der Waals surface area contributed by atoms with Crippen LogP contribution in [0.4, 0.5) is 0 Å². The van der Waals surface area contributed by atoms with Crippen LogP contribution < -0.4 is 0 Å². The number of carbonyl (C=O) groups excluding carboxylic acids is 3. The van der Waals surface area contributed by atoms with Crippen molar-refractivity contribution in [2.24, 2.45) is 11.8 Å². The van der Waals surface area contributed by atoms with Gasteiger partial charge in [-0.1, -0.05) is 58.9 Å². The predicted molar refractivity (Wildman–Crippen MR) is 202 cm³/mol. The standard InChI is InChI=1S/C20H25N3O.C7H14OS.C6H12O.C6H10O/c1-4-23(5-2)20(24)14-9-16-15-7-6-8-17-19(15)13(11-21-17)10-18(16)22(3)12-14;1-6(8)5-7(2,3)9-4;1-3-6(2)4-5-7;1-3-4-6(2)5-7/h6-9,11,14,18,21H,4-5,10,12H2,1-3H3;5H2,1-4H3;4-7H,3H2,1-2H3;4-5H,3H2,1-2H3/t14-,18-;;;/m1.../s1. The Morgan fingerprint density at radius 3 is 2.28 bits per heavy atom. The number of rotatable bonds is 10.